The minimum absolute atomic E-state index is 0.306. The maximum absolute atomic E-state index is 5.55. The van der Waals surface area contributed by atoms with Crippen molar-refractivity contribution in [3.8, 4) is 0 Å². The lowest BCUT2D eigenvalue weighted by molar-refractivity contribution is 0.854. The number of nitrogens with zero attached hydrogens (tertiary/aromatic N) is 1. The third-order valence-electron chi connectivity index (χ3n) is 2.38. The molecule has 0 aliphatic heterocycles. The molecule has 3 nitrogen and oxygen atoms in total. The van der Waals surface area contributed by atoms with Crippen molar-refractivity contribution in [2.45, 2.75) is 12.8 Å². The Balaban J connectivity index is 2.29. The number of aromatic nitrogens is 2. The van der Waals surface area contributed by atoms with Crippen molar-refractivity contribution in [1.82, 2.24) is 10.2 Å². The van der Waals surface area contributed by atoms with Gasteiger partial charge in [0.15, 0.2) is 0 Å². The van der Waals surface area contributed by atoms with Crippen molar-refractivity contribution >= 4 is 5.82 Å². The Morgan fingerprint density at radius 2 is 2.00 bits per heavy atom. The Labute approximate surface area is 83.0 Å². The Morgan fingerprint density at radius 3 is 2.57 bits per heavy atom. The lowest BCUT2D eigenvalue weighted by Gasteiger charge is -2.08. The minimum Gasteiger partial charge on any atom is -0.382 e. The van der Waals surface area contributed by atoms with Crippen LogP contribution < -0.4 is 5.73 Å². The highest BCUT2D eigenvalue weighted by Gasteiger charge is 2.09. The number of anilines is 1. The summed E-state index contributed by atoms with van der Waals surface area (Å²) in [5.74, 6) is 0.851. The Hall–Kier alpha value is -1.77. The quantitative estimate of drug-likeness (QED) is 0.756. The van der Waals surface area contributed by atoms with Gasteiger partial charge in [-0.15, -0.1) is 0 Å². The molecule has 0 amide bonds. The van der Waals surface area contributed by atoms with Gasteiger partial charge in [-0.05, 0) is 5.56 Å². The van der Waals surface area contributed by atoms with Gasteiger partial charge in [-0.1, -0.05) is 37.3 Å². The van der Waals surface area contributed by atoms with Crippen LogP contribution in [0.2, 0.25) is 0 Å². The van der Waals surface area contributed by atoms with Crippen LogP contribution in [0.4, 0.5) is 5.82 Å². The number of nitrogen functional groups attached to an aromatic ring is 1. The number of hydrogen-bond acceptors (Lipinski definition) is 2. The summed E-state index contributed by atoms with van der Waals surface area (Å²) in [6.07, 6.45) is 0. The van der Waals surface area contributed by atoms with Crippen LogP contribution in [0.3, 0.4) is 0 Å². The molecule has 0 saturated heterocycles. The first-order valence-electron chi connectivity index (χ1n) is 4.63. The molecule has 0 radical (unpaired) electrons. The molecule has 1 aromatic carbocycles. The first-order valence-corrected chi connectivity index (χ1v) is 4.63. The molecule has 0 saturated carbocycles. The molecular weight excluding hydrogens is 174 g/mol. The molecule has 1 heterocycles. The molecule has 0 aliphatic carbocycles. The predicted octanol–water partition coefficient (Wildman–Crippen LogP) is 2.14. The topological polar surface area (TPSA) is 54.7 Å². The van der Waals surface area contributed by atoms with Crippen molar-refractivity contribution in [3.63, 3.8) is 0 Å². The standard InChI is InChI=1S/C11H13N3/c1-8(9-5-3-2-4-6-9)10-7-11(12)14-13-10/h2-8H,1H3,(H3,12,13,14)/t8-/m0/s1. The van der Waals surface area contributed by atoms with Crippen LogP contribution in [-0.2, 0) is 0 Å². The number of H-pyrrole nitrogens is 1. The zero-order valence-electron chi connectivity index (χ0n) is 8.07. The van der Waals surface area contributed by atoms with E-state index in [1.54, 1.807) is 0 Å². The lowest BCUT2D eigenvalue weighted by Crippen LogP contribution is -1.95. The maximum atomic E-state index is 5.55. The summed E-state index contributed by atoms with van der Waals surface area (Å²) in [6.45, 7) is 2.13. The van der Waals surface area contributed by atoms with Crippen LogP contribution in [-0.4, -0.2) is 10.2 Å². The molecule has 0 fully saturated rings. The molecule has 3 heteroatoms. The van der Waals surface area contributed by atoms with E-state index in [0.29, 0.717) is 11.7 Å². The van der Waals surface area contributed by atoms with Crippen molar-refractivity contribution in [1.29, 1.82) is 0 Å². The van der Waals surface area contributed by atoms with E-state index < -0.39 is 0 Å². The van der Waals surface area contributed by atoms with Gasteiger partial charge in [-0.25, -0.2) is 0 Å². The predicted molar refractivity (Wildman–Crippen MR) is 57.0 cm³/mol. The number of aromatic amines is 1. The fourth-order valence-corrected chi connectivity index (χ4v) is 1.50. The molecule has 2 aromatic rings. The molecule has 0 unspecified atom stereocenters. The number of benzene rings is 1. The average Bonchev–Trinajstić information content (AvgIpc) is 2.65. The van der Waals surface area contributed by atoms with E-state index in [1.807, 2.05) is 24.3 Å². The minimum atomic E-state index is 0.306. The van der Waals surface area contributed by atoms with Gasteiger partial charge in [0.25, 0.3) is 0 Å². The van der Waals surface area contributed by atoms with E-state index in [1.165, 1.54) is 5.56 Å². The van der Waals surface area contributed by atoms with Crippen molar-refractivity contribution in [2.24, 2.45) is 0 Å². The van der Waals surface area contributed by atoms with E-state index in [4.69, 9.17) is 5.73 Å². The molecule has 14 heavy (non-hydrogen) atoms. The van der Waals surface area contributed by atoms with E-state index in [-0.39, 0.29) is 0 Å². The van der Waals surface area contributed by atoms with Crippen LogP contribution in [0.25, 0.3) is 0 Å². The van der Waals surface area contributed by atoms with Gasteiger partial charge in [0.2, 0.25) is 0 Å². The van der Waals surface area contributed by atoms with Crippen LogP contribution in [0.15, 0.2) is 36.4 Å². The monoisotopic (exact) mass is 187 g/mol. The number of hydrogen-bond donors (Lipinski definition) is 2. The molecule has 0 bridgehead atoms. The van der Waals surface area contributed by atoms with Crippen molar-refractivity contribution < 1.29 is 0 Å². The maximum Gasteiger partial charge on any atom is 0.145 e. The van der Waals surface area contributed by atoms with E-state index in [0.717, 1.165) is 5.69 Å². The van der Waals surface area contributed by atoms with Crippen LogP contribution in [0, 0.1) is 0 Å². The molecular formula is C11H13N3. The second-order valence-electron chi connectivity index (χ2n) is 3.38. The zero-order chi connectivity index (χ0) is 9.97. The van der Waals surface area contributed by atoms with E-state index in [9.17, 15) is 0 Å². The second kappa shape index (κ2) is 3.54. The van der Waals surface area contributed by atoms with Gasteiger partial charge in [-0.2, -0.15) is 5.10 Å². The first-order chi connectivity index (χ1) is 6.77. The van der Waals surface area contributed by atoms with Crippen molar-refractivity contribution in [3.05, 3.63) is 47.7 Å². The van der Waals surface area contributed by atoms with Gasteiger partial charge in [-0.3, -0.25) is 5.10 Å². The van der Waals surface area contributed by atoms with Crippen LogP contribution in [0.1, 0.15) is 24.1 Å². The SMILES string of the molecule is C[C@@H](c1ccccc1)c1cc(N)n[nH]1. The third kappa shape index (κ3) is 1.62. The number of nitrogens with two attached hydrogens (primary N) is 1. The Kier molecular flexibility index (Phi) is 2.23. The summed E-state index contributed by atoms with van der Waals surface area (Å²) in [4.78, 5) is 0. The highest BCUT2D eigenvalue weighted by atomic mass is 15.2. The zero-order valence-corrected chi connectivity index (χ0v) is 8.07. The molecule has 0 spiro atoms. The lowest BCUT2D eigenvalue weighted by atomic mass is 9.98. The molecule has 1 atom stereocenters. The Bertz CT molecular complexity index is 405. The Morgan fingerprint density at radius 1 is 1.29 bits per heavy atom. The second-order valence-corrected chi connectivity index (χ2v) is 3.38. The summed E-state index contributed by atoms with van der Waals surface area (Å²) < 4.78 is 0. The highest BCUT2D eigenvalue weighted by molar-refractivity contribution is 5.34. The fourth-order valence-electron chi connectivity index (χ4n) is 1.50. The van der Waals surface area contributed by atoms with Crippen LogP contribution >= 0.6 is 0 Å². The highest BCUT2D eigenvalue weighted by Crippen LogP contribution is 2.22. The summed E-state index contributed by atoms with van der Waals surface area (Å²) in [5.41, 5.74) is 7.86. The summed E-state index contributed by atoms with van der Waals surface area (Å²) >= 11 is 0. The van der Waals surface area contributed by atoms with Gasteiger partial charge in [0.1, 0.15) is 5.82 Å². The normalized spacial score (nSPS) is 12.6. The summed E-state index contributed by atoms with van der Waals surface area (Å²) in [7, 11) is 0. The fraction of sp³-hybridized carbons (Fsp3) is 0.182. The molecule has 2 rings (SSSR count). The smallest absolute Gasteiger partial charge is 0.145 e. The van der Waals surface area contributed by atoms with Crippen molar-refractivity contribution in [2.75, 3.05) is 5.73 Å². The van der Waals surface area contributed by atoms with E-state index >= 15 is 0 Å². The van der Waals surface area contributed by atoms with Gasteiger partial charge < -0.3 is 5.73 Å². The van der Waals surface area contributed by atoms with Gasteiger partial charge in [0, 0.05) is 17.7 Å². The third-order valence-corrected chi connectivity index (χ3v) is 2.38. The number of rotatable bonds is 2. The molecule has 1 aromatic heterocycles. The van der Waals surface area contributed by atoms with Gasteiger partial charge >= 0.3 is 0 Å². The summed E-state index contributed by atoms with van der Waals surface area (Å²) in [5, 5.41) is 6.84. The molecule has 72 valence electrons. The van der Waals surface area contributed by atoms with Crippen LogP contribution in [0.5, 0.6) is 0 Å². The number of nitrogens with one attached hydrogen (secondary N) is 1. The van der Waals surface area contributed by atoms with E-state index in [2.05, 4.69) is 29.3 Å². The first kappa shape index (κ1) is 8.81. The summed E-state index contributed by atoms with van der Waals surface area (Å²) in [6, 6.07) is 12.1. The molecule has 0 aliphatic rings. The average molecular weight is 187 g/mol. The largest absolute Gasteiger partial charge is 0.382 e. The van der Waals surface area contributed by atoms with Gasteiger partial charge in [0.05, 0.1) is 0 Å². The molecule has 3 N–H and O–H groups in total.